The molecule has 1 aromatic carbocycles. The maximum Gasteiger partial charge on any atom is 0.387 e. The molecule has 0 atom stereocenters. The van der Waals surface area contributed by atoms with Gasteiger partial charge in [-0.3, -0.25) is 4.99 Å². The standard InChI is InChI=1S/C20H31F2N3O3.HI/c1-4-27-18-13-16(5-6-17(18)28-19(21)22)14-24-20(23-2)25(3)10-7-15-8-11-26-12-9-15;/h5-6,13,15,19H,4,7-12,14H2,1-3H3,(H,23,24);1H. The third-order valence-electron chi connectivity index (χ3n) is 4.76. The highest BCUT2D eigenvalue weighted by molar-refractivity contribution is 14.0. The molecule has 166 valence electrons. The lowest BCUT2D eigenvalue weighted by Crippen LogP contribution is -2.39. The number of benzene rings is 1. The zero-order valence-electron chi connectivity index (χ0n) is 17.3. The summed E-state index contributed by atoms with van der Waals surface area (Å²) in [6, 6.07) is 4.96. The Morgan fingerprint density at radius 1 is 1.31 bits per heavy atom. The Balaban J connectivity index is 0.00000420. The van der Waals surface area contributed by atoms with Crippen molar-refractivity contribution in [3.05, 3.63) is 23.8 Å². The van der Waals surface area contributed by atoms with Crippen molar-refractivity contribution in [2.45, 2.75) is 39.3 Å². The number of aliphatic imine (C=N–C) groups is 1. The first-order valence-electron chi connectivity index (χ1n) is 9.73. The van der Waals surface area contributed by atoms with Crippen LogP contribution in [0.5, 0.6) is 11.5 Å². The summed E-state index contributed by atoms with van der Waals surface area (Å²) in [4.78, 5) is 6.44. The van der Waals surface area contributed by atoms with Crippen molar-refractivity contribution in [1.82, 2.24) is 10.2 Å². The van der Waals surface area contributed by atoms with Crippen molar-refractivity contribution in [3.63, 3.8) is 0 Å². The van der Waals surface area contributed by atoms with Crippen LogP contribution in [0.25, 0.3) is 0 Å². The molecule has 0 unspecified atom stereocenters. The molecule has 0 saturated carbocycles. The van der Waals surface area contributed by atoms with Crippen molar-refractivity contribution in [1.29, 1.82) is 0 Å². The number of rotatable bonds is 9. The summed E-state index contributed by atoms with van der Waals surface area (Å²) in [6.45, 7) is 2.41. The molecule has 6 nitrogen and oxygen atoms in total. The molecule has 9 heteroatoms. The molecule has 0 aliphatic carbocycles. The number of halogens is 3. The number of ether oxygens (including phenoxy) is 3. The van der Waals surface area contributed by atoms with E-state index in [0.717, 1.165) is 50.5 Å². The normalized spacial score (nSPS) is 15.0. The fourth-order valence-electron chi connectivity index (χ4n) is 3.21. The molecule has 2 rings (SSSR count). The van der Waals surface area contributed by atoms with E-state index in [1.54, 1.807) is 26.1 Å². The van der Waals surface area contributed by atoms with Crippen molar-refractivity contribution in [3.8, 4) is 11.5 Å². The Morgan fingerprint density at radius 3 is 2.66 bits per heavy atom. The Morgan fingerprint density at radius 2 is 2.03 bits per heavy atom. The lowest BCUT2D eigenvalue weighted by atomic mass is 9.96. The summed E-state index contributed by atoms with van der Waals surface area (Å²) >= 11 is 0. The number of nitrogens with one attached hydrogen (secondary N) is 1. The minimum atomic E-state index is -2.88. The van der Waals surface area contributed by atoms with Crippen LogP contribution in [0.15, 0.2) is 23.2 Å². The van der Waals surface area contributed by atoms with Crippen LogP contribution in [-0.2, 0) is 11.3 Å². The minimum absolute atomic E-state index is 0. The first kappa shape index (κ1) is 25.7. The molecule has 1 heterocycles. The van der Waals surface area contributed by atoms with Crippen molar-refractivity contribution in [2.24, 2.45) is 10.9 Å². The fourth-order valence-corrected chi connectivity index (χ4v) is 3.21. The Bertz CT molecular complexity index is 629. The Kier molecular flexibility index (Phi) is 12.2. The third kappa shape index (κ3) is 8.90. The zero-order valence-corrected chi connectivity index (χ0v) is 19.7. The van der Waals surface area contributed by atoms with Gasteiger partial charge in [0.05, 0.1) is 6.61 Å². The van der Waals surface area contributed by atoms with Gasteiger partial charge in [0.15, 0.2) is 17.5 Å². The third-order valence-corrected chi connectivity index (χ3v) is 4.76. The predicted octanol–water partition coefficient (Wildman–Crippen LogP) is 4.13. The van der Waals surface area contributed by atoms with E-state index in [1.807, 2.05) is 7.05 Å². The van der Waals surface area contributed by atoms with E-state index < -0.39 is 6.61 Å². The summed E-state index contributed by atoms with van der Waals surface area (Å²) in [5.74, 6) is 1.84. The van der Waals surface area contributed by atoms with Gasteiger partial charge in [-0.1, -0.05) is 6.07 Å². The van der Waals surface area contributed by atoms with E-state index in [0.29, 0.717) is 24.8 Å². The number of alkyl halides is 2. The largest absolute Gasteiger partial charge is 0.490 e. The van der Waals surface area contributed by atoms with Gasteiger partial charge < -0.3 is 24.4 Å². The van der Waals surface area contributed by atoms with Crippen LogP contribution in [0.4, 0.5) is 8.78 Å². The van der Waals surface area contributed by atoms with Crippen LogP contribution in [0.3, 0.4) is 0 Å². The molecule has 1 fully saturated rings. The minimum Gasteiger partial charge on any atom is -0.490 e. The number of nitrogens with zero attached hydrogens (tertiary/aromatic N) is 2. The molecule has 1 aliphatic rings. The van der Waals surface area contributed by atoms with Gasteiger partial charge in [0, 0.05) is 40.4 Å². The van der Waals surface area contributed by atoms with Crippen LogP contribution in [-0.4, -0.2) is 57.9 Å². The maximum absolute atomic E-state index is 12.5. The summed E-state index contributed by atoms with van der Waals surface area (Å²) in [6.07, 6.45) is 3.34. The molecular formula is C20H32F2IN3O3. The Labute approximate surface area is 189 Å². The molecule has 1 aliphatic heterocycles. The second kappa shape index (κ2) is 13.8. The molecule has 1 saturated heterocycles. The average molecular weight is 527 g/mol. The zero-order chi connectivity index (χ0) is 20.4. The molecule has 0 amide bonds. The fraction of sp³-hybridized carbons (Fsp3) is 0.650. The van der Waals surface area contributed by atoms with E-state index in [1.165, 1.54) is 6.07 Å². The first-order chi connectivity index (χ1) is 13.5. The monoisotopic (exact) mass is 527 g/mol. The first-order valence-corrected chi connectivity index (χ1v) is 9.73. The lowest BCUT2D eigenvalue weighted by Gasteiger charge is -2.27. The number of hydrogen-bond acceptors (Lipinski definition) is 4. The second-order valence-corrected chi connectivity index (χ2v) is 6.76. The average Bonchev–Trinajstić information content (AvgIpc) is 2.69. The van der Waals surface area contributed by atoms with Gasteiger partial charge in [-0.15, -0.1) is 24.0 Å². The Hall–Kier alpha value is -1.36. The molecule has 1 aromatic rings. The highest BCUT2D eigenvalue weighted by atomic mass is 127. The number of guanidine groups is 1. The molecule has 0 bridgehead atoms. The highest BCUT2D eigenvalue weighted by Crippen LogP contribution is 2.30. The van der Waals surface area contributed by atoms with Crippen molar-refractivity contribution in [2.75, 3.05) is 40.5 Å². The molecule has 0 aromatic heterocycles. The van der Waals surface area contributed by atoms with Crippen LogP contribution >= 0.6 is 24.0 Å². The van der Waals surface area contributed by atoms with Gasteiger partial charge in [-0.25, -0.2) is 0 Å². The molecule has 1 N–H and O–H groups in total. The van der Waals surface area contributed by atoms with E-state index in [-0.39, 0.29) is 29.7 Å². The summed E-state index contributed by atoms with van der Waals surface area (Å²) in [5, 5.41) is 3.31. The highest BCUT2D eigenvalue weighted by Gasteiger charge is 2.16. The van der Waals surface area contributed by atoms with Crippen LogP contribution in [0.1, 0.15) is 31.7 Å². The van der Waals surface area contributed by atoms with Crippen LogP contribution < -0.4 is 14.8 Å². The summed E-state index contributed by atoms with van der Waals surface area (Å²) in [5.41, 5.74) is 0.893. The van der Waals surface area contributed by atoms with E-state index in [4.69, 9.17) is 9.47 Å². The van der Waals surface area contributed by atoms with Crippen molar-refractivity contribution < 1.29 is 23.0 Å². The van der Waals surface area contributed by atoms with Gasteiger partial charge in [0.1, 0.15) is 0 Å². The topological polar surface area (TPSA) is 55.3 Å². The number of hydrogen-bond donors (Lipinski definition) is 1. The molecular weight excluding hydrogens is 495 g/mol. The molecule has 0 radical (unpaired) electrons. The lowest BCUT2D eigenvalue weighted by molar-refractivity contribution is -0.0514. The SMILES string of the molecule is CCOc1cc(CNC(=NC)N(C)CCC2CCOCC2)ccc1OC(F)F.I. The predicted molar refractivity (Wildman–Crippen MR) is 121 cm³/mol. The van der Waals surface area contributed by atoms with E-state index in [9.17, 15) is 8.78 Å². The second-order valence-electron chi connectivity index (χ2n) is 6.76. The van der Waals surface area contributed by atoms with Gasteiger partial charge in [-0.2, -0.15) is 8.78 Å². The van der Waals surface area contributed by atoms with E-state index >= 15 is 0 Å². The molecule has 0 spiro atoms. The quantitative estimate of drug-likeness (QED) is 0.298. The smallest absolute Gasteiger partial charge is 0.387 e. The van der Waals surface area contributed by atoms with Gasteiger partial charge in [0.25, 0.3) is 0 Å². The van der Waals surface area contributed by atoms with Gasteiger partial charge >= 0.3 is 6.61 Å². The summed E-state index contributed by atoms with van der Waals surface area (Å²) < 4.78 is 40.4. The van der Waals surface area contributed by atoms with Crippen LogP contribution in [0.2, 0.25) is 0 Å². The maximum atomic E-state index is 12.5. The van der Waals surface area contributed by atoms with Gasteiger partial charge in [0.2, 0.25) is 0 Å². The summed E-state index contributed by atoms with van der Waals surface area (Å²) in [7, 11) is 3.76. The van der Waals surface area contributed by atoms with Crippen LogP contribution in [0, 0.1) is 5.92 Å². The molecule has 29 heavy (non-hydrogen) atoms. The van der Waals surface area contributed by atoms with Gasteiger partial charge in [-0.05, 0) is 49.8 Å². The van der Waals surface area contributed by atoms with Crippen molar-refractivity contribution >= 4 is 29.9 Å². The van der Waals surface area contributed by atoms with E-state index in [2.05, 4.69) is 19.9 Å².